The van der Waals surface area contributed by atoms with E-state index >= 15 is 0 Å². The molecule has 2 atom stereocenters. The summed E-state index contributed by atoms with van der Waals surface area (Å²) >= 11 is 3.87. The summed E-state index contributed by atoms with van der Waals surface area (Å²) in [4.78, 5) is 3.83. The number of hydrogen-bond acceptors (Lipinski definition) is 4. The minimum Gasteiger partial charge on any atom is -0.389 e. The lowest BCUT2D eigenvalue weighted by atomic mass is 10.1. The van der Waals surface area contributed by atoms with Crippen molar-refractivity contribution in [2.45, 2.75) is 12.2 Å². The molecule has 2 unspecified atom stereocenters. The Hall–Kier alpha value is -0.580. The molecule has 0 bridgehead atoms. The van der Waals surface area contributed by atoms with Crippen molar-refractivity contribution in [1.29, 1.82) is 0 Å². The first-order valence-corrected chi connectivity index (χ1v) is 4.26. The number of rotatable bonds is 3. The molecule has 0 amide bonds. The predicted molar refractivity (Wildman–Crippen MR) is 49.1 cm³/mol. The molecule has 1 aromatic rings. The second kappa shape index (κ2) is 4.45. The van der Waals surface area contributed by atoms with Gasteiger partial charge in [0.25, 0.3) is 0 Å². The van der Waals surface area contributed by atoms with Gasteiger partial charge < -0.3 is 10.2 Å². The third kappa shape index (κ3) is 2.20. The van der Waals surface area contributed by atoms with Gasteiger partial charge in [-0.05, 0) is 6.07 Å². The van der Waals surface area contributed by atoms with E-state index < -0.39 is 12.2 Å². The van der Waals surface area contributed by atoms with Crippen LogP contribution in [0.1, 0.15) is 11.7 Å². The van der Waals surface area contributed by atoms with E-state index in [2.05, 4.69) is 17.6 Å². The maximum absolute atomic E-state index is 9.45. The first kappa shape index (κ1) is 9.51. The molecular formula is C8H11NO2S. The molecule has 0 aliphatic carbocycles. The summed E-state index contributed by atoms with van der Waals surface area (Å²) in [6.07, 6.45) is 1.41. The van der Waals surface area contributed by atoms with Gasteiger partial charge in [-0.15, -0.1) is 0 Å². The number of pyridine rings is 1. The van der Waals surface area contributed by atoms with Crippen molar-refractivity contribution in [1.82, 2.24) is 4.98 Å². The minimum atomic E-state index is -0.892. The van der Waals surface area contributed by atoms with Crippen molar-refractivity contribution in [3.63, 3.8) is 0 Å². The number of thiol groups is 1. The van der Waals surface area contributed by atoms with Crippen LogP contribution < -0.4 is 0 Å². The van der Waals surface area contributed by atoms with E-state index in [4.69, 9.17) is 0 Å². The quantitative estimate of drug-likeness (QED) is 0.598. The molecule has 0 radical (unpaired) electrons. The fraction of sp³-hybridized carbons (Fsp3) is 0.375. The van der Waals surface area contributed by atoms with Gasteiger partial charge in [0, 0.05) is 23.7 Å². The van der Waals surface area contributed by atoms with E-state index in [1.54, 1.807) is 18.3 Å². The number of aliphatic hydroxyl groups is 2. The Morgan fingerprint density at radius 3 is 2.75 bits per heavy atom. The Balaban J connectivity index is 2.71. The van der Waals surface area contributed by atoms with E-state index in [1.165, 1.54) is 6.20 Å². The Morgan fingerprint density at radius 1 is 1.50 bits per heavy atom. The fourth-order valence-electron chi connectivity index (χ4n) is 0.873. The molecular weight excluding hydrogens is 174 g/mol. The summed E-state index contributed by atoms with van der Waals surface area (Å²) in [5, 5.41) is 18.7. The van der Waals surface area contributed by atoms with Crippen molar-refractivity contribution in [2.75, 3.05) is 5.75 Å². The van der Waals surface area contributed by atoms with Crippen LogP contribution in [-0.2, 0) is 0 Å². The van der Waals surface area contributed by atoms with Crippen molar-refractivity contribution >= 4 is 12.6 Å². The molecule has 1 heterocycles. The van der Waals surface area contributed by atoms with Crippen molar-refractivity contribution < 1.29 is 10.2 Å². The molecule has 3 nitrogen and oxygen atoms in total. The molecule has 0 aliphatic heterocycles. The Kier molecular flexibility index (Phi) is 3.52. The molecule has 1 rings (SSSR count). The number of nitrogens with zero attached hydrogens (tertiary/aromatic N) is 1. The van der Waals surface area contributed by atoms with Crippen LogP contribution >= 0.6 is 12.6 Å². The van der Waals surface area contributed by atoms with Gasteiger partial charge in [-0.1, -0.05) is 6.07 Å². The normalized spacial score (nSPS) is 15.6. The van der Waals surface area contributed by atoms with Gasteiger partial charge in [0.2, 0.25) is 0 Å². The van der Waals surface area contributed by atoms with Crippen molar-refractivity contribution in [3.05, 3.63) is 30.1 Å². The second-order valence-corrected chi connectivity index (χ2v) is 2.85. The zero-order valence-electron chi connectivity index (χ0n) is 6.46. The van der Waals surface area contributed by atoms with Gasteiger partial charge in [0.1, 0.15) is 6.10 Å². The summed E-state index contributed by atoms with van der Waals surface area (Å²) in [6.45, 7) is 0. The molecule has 12 heavy (non-hydrogen) atoms. The van der Waals surface area contributed by atoms with Gasteiger partial charge in [-0.3, -0.25) is 4.98 Å². The van der Waals surface area contributed by atoms with E-state index in [1.807, 2.05) is 0 Å². The molecule has 2 N–H and O–H groups in total. The monoisotopic (exact) mass is 185 g/mol. The number of aromatic nitrogens is 1. The largest absolute Gasteiger partial charge is 0.389 e. The molecule has 0 fully saturated rings. The first-order valence-electron chi connectivity index (χ1n) is 3.62. The zero-order valence-corrected chi connectivity index (χ0v) is 7.35. The van der Waals surface area contributed by atoms with Crippen LogP contribution in [0.15, 0.2) is 24.5 Å². The van der Waals surface area contributed by atoms with Crippen LogP contribution in [-0.4, -0.2) is 27.1 Å². The Morgan fingerprint density at radius 2 is 2.25 bits per heavy atom. The number of aliphatic hydroxyl groups excluding tert-OH is 2. The molecule has 66 valence electrons. The third-order valence-corrected chi connectivity index (χ3v) is 1.95. The molecule has 0 aromatic carbocycles. The molecule has 0 spiro atoms. The second-order valence-electron chi connectivity index (χ2n) is 2.48. The van der Waals surface area contributed by atoms with Crippen molar-refractivity contribution in [3.8, 4) is 0 Å². The van der Waals surface area contributed by atoms with Gasteiger partial charge in [0.15, 0.2) is 0 Å². The van der Waals surface area contributed by atoms with Crippen LogP contribution in [0.5, 0.6) is 0 Å². The van der Waals surface area contributed by atoms with Crippen LogP contribution in [0.3, 0.4) is 0 Å². The Bertz CT molecular complexity index is 230. The summed E-state index contributed by atoms with van der Waals surface area (Å²) < 4.78 is 0. The highest BCUT2D eigenvalue weighted by Crippen LogP contribution is 2.15. The summed E-state index contributed by atoms with van der Waals surface area (Å²) in [5.74, 6) is 0.232. The summed E-state index contributed by atoms with van der Waals surface area (Å²) in [6, 6.07) is 3.42. The van der Waals surface area contributed by atoms with Gasteiger partial charge in [-0.2, -0.15) is 12.6 Å². The van der Waals surface area contributed by atoms with E-state index in [9.17, 15) is 10.2 Å². The predicted octanol–water partition coefficient (Wildman–Crippen LogP) is 0.406. The van der Waals surface area contributed by atoms with Gasteiger partial charge in [0.05, 0.1) is 6.10 Å². The molecule has 0 aliphatic rings. The lowest BCUT2D eigenvalue weighted by molar-refractivity contribution is 0.0335. The molecule has 0 saturated heterocycles. The highest BCUT2D eigenvalue weighted by molar-refractivity contribution is 7.80. The lowest BCUT2D eigenvalue weighted by Crippen LogP contribution is -2.19. The molecule has 0 saturated carbocycles. The summed E-state index contributed by atoms with van der Waals surface area (Å²) in [5.41, 5.74) is 0.610. The van der Waals surface area contributed by atoms with Crippen molar-refractivity contribution in [2.24, 2.45) is 0 Å². The van der Waals surface area contributed by atoms with Crippen LogP contribution in [0.25, 0.3) is 0 Å². The third-order valence-electron chi connectivity index (χ3n) is 1.58. The SMILES string of the molecule is OC(CS)C(O)c1cccnc1. The first-order chi connectivity index (χ1) is 5.75. The summed E-state index contributed by atoms with van der Waals surface area (Å²) in [7, 11) is 0. The van der Waals surface area contributed by atoms with Crippen LogP contribution in [0.2, 0.25) is 0 Å². The van der Waals surface area contributed by atoms with Crippen LogP contribution in [0.4, 0.5) is 0 Å². The van der Waals surface area contributed by atoms with E-state index in [0.29, 0.717) is 5.56 Å². The smallest absolute Gasteiger partial charge is 0.107 e. The molecule has 1 aromatic heterocycles. The average Bonchev–Trinajstić information content (AvgIpc) is 2.17. The van der Waals surface area contributed by atoms with Crippen LogP contribution in [0, 0.1) is 0 Å². The fourth-order valence-corrected chi connectivity index (χ4v) is 1.07. The topological polar surface area (TPSA) is 53.4 Å². The minimum absolute atomic E-state index is 0.232. The standard InChI is InChI=1S/C8H11NO2S/c10-7(5-12)8(11)6-2-1-3-9-4-6/h1-4,7-8,10-12H,5H2. The lowest BCUT2D eigenvalue weighted by Gasteiger charge is -2.14. The highest BCUT2D eigenvalue weighted by Gasteiger charge is 2.16. The van der Waals surface area contributed by atoms with E-state index in [0.717, 1.165) is 0 Å². The molecule has 4 heteroatoms. The van der Waals surface area contributed by atoms with Gasteiger partial charge in [-0.25, -0.2) is 0 Å². The van der Waals surface area contributed by atoms with Gasteiger partial charge >= 0.3 is 0 Å². The maximum Gasteiger partial charge on any atom is 0.107 e. The highest BCUT2D eigenvalue weighted by atomic mass is 32.1. The number of hydrogen-bond donors (Lipinski definition) is 3. The zero-order chi connectivity index (χ0) is 8.97. The van der Waals surface area contributed by atoms with E-state index in [-0.39, 0.29) is 5.75 Å². The maximum atomic E-state index is 9.45. The Labute approximate surface area is 76.5 Å². The average molecular weight is 185 g/mol.